The summed E-state index contributed by atoms with van der Waals surface area (Å²) in [5, 5.41) is 12.3. The van der Waals surface area contributed by atoms with Crippen LogP contribution in [0, 0.1) is 17.2 Å². The van der Waals surface area contributed by atoms with Gasteiger partial charge in [0.2, 0.25) is 5.91 Å². The highest BCUT2D eigenvalue weighted by Crippen LogP contribution is 2.32. The fourth-order valence-corrected chi connectivity index (χ4v) is 5.06. The molecule has 2 unspecified atom stereocenters. The molecule has 202 valence electrons. The lowest BCUT2D eigenvalue weighted by atomic mass is 10.00. The lowest BCUT2D eigenvalue weighted by molar-refractivity contribution is -0.131. The van der Waals surface area contributed by atoms with Crippen LogP contribution < -0.4 is 10.2 Å². The van der Waals surface area contributed by atoms with Crippen LogP contribution in [0.3, 0.4) is 0 Å². The summed E-state index contributed by atoms with van der Waals surface area (Å²) in [7, 11) is 3.27. The van der Waals surface area contributed by atoms with Crippen LogP contribution in [0.1, 0.15) is 67.2 Å². The standard InChI is InChI=1S/C28H36N6O4/c1-18-9-11-33(27(18)35)17-22-13-21-7-5-10-34(26(21)32-25(22)19(2)38-4)28(36)31-24-14-20(8-6-12-37-3)23(15-29)16-30-24/h13-14,16,18-19H,5-12,17H2,1-4H3,(H,30,31,36). The van der Waals surface area contributed by atoms with Gasteiger partial charge in [-0.25, -0.2) is 14.8 Å². The van der Waals surface area contributed by atoms with Crippen LogP contribution in [0.4, 0.5) is 16.4 Å². The summed E-state index contributed by atoms with van der Waals surface area (Å²) in [5.74, 6) is 1.19. The van der Waals surface area contributed by atoms with Crippen molar-refractivity contribution >= 4 is 23.6 Å². The second kappa shape index (κ2) is 12.3. The van der Waals surface area contributed by atoms with Gasteiger partial charge in [0.25, 0.3) is 0 Å². The van der Waals surface area contributed by atoms with Gasteiger partial charge in [0.05, 0.1) is 17.4 Å². The minimum atomic E-state index is -0.328. The van der Waals surface area contributed by atoms with Gasteiger partial charge in [0, 0.05) is 52.6 Å². The first-order valence-corrected chi connectivity index (χ1v) is 13.2. The number of fused-ring (bicyclic) bond motifs is 1. The van der Waals surface area contributed by atoms with E-state index in [9.17, 15) is 14.9 Å². The van der Waals surface area contributed by atoms with E-state index < -0.39 is 0 Å². The molecule has 1 N–H and O–H groups in total. The van der Waals surface area contributed by atoms with Crippen LogP contribution in [0.2, 0.25) is 0 Å². The second-order valence-corrected chi connectivity index (χ2v) is 9.96. The number of nitriles is 1. The molecule has 2 aliphatic rings. The summed E-state index contributed by atoms with van der Waals surface area (Å²) in [6.07, 6.45) is 5.05. The zero-order valence-electron chi connectivity index (χ0n) is 22.6. The van der Waals surface area contributed by atoms with Crippen LogP contribution in [-0.2, 0) is 33.7 Å². The quantitative estimate of drug-likeness (QED) is 0.496. The third-order valence-electron chi connectivity index (χ3n) is 7.32. The Morgan fingerprint density at radius 3 is 2.79 bits per heavy atom. The van der Waals surface area contributed by atoms with Crippen LogP contribution in [0.15, 0.2) is 18.3 Å². The SMILES string of the molecule is COCCCc1cc(NC(=O)N2CCCc3cc(CN4CCC(C)C4=O)c(C(C)OC)nc32)ncc1C#N. The van der Waals surface area contributed by atoms with Gasteiger partial charge in [0.1, 0.15) is 17.7 Å². The van der Waals surface area contributed by atoms with Crippen LogP contribution in [0.5, 0.6) is 0 Å². The summed E-state index contributed by atoms with van der Waals surface area (Å²) in [6, 6.07) is 5.67. The minimum Gasteiger partial charge on any atom is -0.385 e. The Morgan fingerprint density at radius 1 is 1.29 bits per heavy atom. The number of likely N-dealkylation sites (tertiary alicyclic amines) is 1. The molecule has 0 saturated carbocycles. The molecule has 0 radical (unpaired) electrons. The highest BCUT2D eigenvalue weighted by Gasteiger charge is 2.31. The number of amides is 3. The number of nitrogens with zero attached hydrogens (tertiary/aromatic N) is 5. The van der Waals surface area contributed by atoms with Crippen molar-refractivity contribution in [1.82, 2.24) is 14.9 Å². The number of carbonyl (C=O) groups excluding carboxylic acids is 2. The average Bonchev–Trinajstić information content (AvgIpc) is 3.24. The molecule has 2 aliphatic heterocycles. The summed E-state index contributed by atoms with van der Waals surface area (Å²) >= 11 is 0. The third-order valence-corrected chi connectivity index (χ3v) is 7.32. The van der Waals surface area contributed by atoms with Gasteiger partial charge in [-0.15, -0.1) is 0 Å². The summed E-state index contributed by atoms with van der Waals surface area (Å²) in [6.45, 7) is 6.21. The maximum atomic E-state index is 13.4. The smallest absolute Gasteiger partial charge is 0.328 e. The average molecular weight is 521 g/mol. The normalized spacial score (nSPS) is 17.8. The van der Waals surface area contributed by atoms with Gasteiger partial charge in [-0.1, -0.05) is 6.92 Å². The number of anilines is 2. The molecule has 0 aromatic carbocycles. The maximum Gasteiger partial charge on any atom is 0.328 e. The zero-order valence-corrected chi connectivity index (χ0v) is 22.6. The van der Waals surface area contributed by atoms with E-state index in [0.29, 0.717) is 43.3 Å². The first-order chi connectivity index (χ1) is 18.4. The number of aromatic nitrogens is 2. The first kappa shape index (κ1) is 27.5. The molecule has 0 spiro atoms. The Hall–Kier alpha value is -3.55. The van der Waals surface area contributed by atoms with Gasteiger partial charge in [-0.2, -0.15) is 5.26 Å². The molecule has 4 heterocycles. The molecule has 4 rings (SSSR count). The van der Waals surface area contributed by atoms with E-state index in [4.69, 9.17) is 14.5 Å². The minimum absolute atomic E-state index is 0.0411. The highest BCUT2D eigenvalue weighted by atomic mass is 16.5. The largest absolute Gasteiger partial charge is 0.385 e. The van der Waals surface area contributed by atoms with Crippen molar-refractivity contribution in [3.8, 4) is 6.07 Å². The van der Waals surface area contributed by atoms with Gasteiger partial charge >= 0.3 is 6.03 Å². The molecule has 10 heteroatoms. The number of methoxy groups -OCH3 is 2. The van der Waals surface area contributed by atoms with E-state index in [0.717, 1.165) is 54.6 Å². The van der Waals surface area contributed by atoms with Crippen LogP contribution in [0.25, 0.3) is 0 Å². The van der Waals surface area contributed by atoms with Crippen molar-refractivity contribution in [1.29, 1.82) is 5.26 Å². The number of rotatable bonds is 9. The highest BCUT2D eigenvalue weighted by molar-refractivity contribution is 6.01. The summed E-state index contributed by atoms with van der Waals surface area (Å²) in [5.41, 5.74) is 3.97. The molecule has 38 heavy (non-hydrogen) atoms. The zero-order chi connectivity index (χ0) is 27.2. The molecule has 2 atom stereocenters. The molecule has 10 nitrogen and oxygen atoms in total. The number of urea groups is 1. The van der Waals surface area contributed by atoms with Gasteiger partial charge in [0.15, 0.2) is 0 Å². The molecule has 2 aromatic rings. The molecular formula is C28H36N6O4. The lowest BCUT2D eigenvalue weighted by Gasteiger charge is -2.31. The number of aryl methyl sites for hydroxylation is 2. The number of carbonyl (C=O) groups is 2. The van der Waals surface area contributed by atoms with Crippen molar-refractivity contribution in [2.24, 2.45) is 5.92 Å². The predicted octanol–water partition coefficient (Wildman–Crippen LogP) is 3.99. The van der Waals surface area contributed by atoms with Crippen molar-refractivity contribution in [2.45, 2.75) is 58.6 Å². The number of ether oxygens (including phenoxy) is 2. The fourth-order valence-electron chi connectivity index (χ4n) is 5.06. The van der Waals surface area contributed by atoms with Crippen molar-refractivity contribution in [3.63, 3.8) is 0 Å². The number of nitrogens with one attached hydrogen (secondary N) is 1. The van der Waals surface area contributed by atoms with E-state index in [1.54, 1.807) is 25.2 Å². The van der Waals surface area contributed by atoms with E-state index in [1.165, 1.54) is 6.20 Å². The molecule has 3 amide bonds. The van der Waals surface area contributed by atoms with E-state index in [2.05, 4.69) is 22.4 Å². The van der Waals surface area contributed by atoms with Gasteiger partial charge in [-0.05, 0) is 67.9 Å². The Labute approximate surface area is 223 Å². The Balaban J connectivity index is 1.59. The summed E-state index contributed by atoms with van der Waals surface area (Å²) in [4.78, 5) is 38.7. The van der Waals surface area contributed by atoms with Gasteiger partial charge < -0.3 is 14.4 Å². The van der Waals surface area contributed by atoms with Crippen molar-refractivity contribution < 1.29 is 19.1 Å². The van der Waals surface area contributed by atoms with Crippen molar-refractivity contribution in [3.05, 3.63) is 46.3 Å². The van der Waals surface area contributed by atoms with E-state index in [-0.39, 0.29) is 24.0 Å². The molecule has 0 aliphatic carbocycles. The van der Waals surface area contributed by atoms with Crippen LogP contribution >= 0.6 is 0 Å². The first-order valence-electron chi connectivity index (χ1n) is 13.2. The molecule has 0 bridgehead atoms. The lowest BCUT2D eigenvalue weighted by Crippen LogP contribution is -2.40. The van der Waals surface area contributed by atoms with Crippen LogP contribution in [-0.4, -0.2) is 60.7 Å². The predicted molar refractivity (Wildman–Crippen MR) is 143 cm³/mol. The fraction of sp³-hybridized carbons (Fsp3) is 0.536. The Bertz CT molecular complexity index is 1230. The number of hydrogen-bond donors (Lipinski definition) is 1. The molecule has 2 aromatic heterocycles. The van der Waals surface area contributed by atoms with E-state index >= 15 is 0 Å². The monoisotopic (exact) mass is 520 g/mol. The number of pyridine rings is 2. The molecule has 1 saturated heterocycles. The Morgan fingerprint density at radius 2 is 2.11 bits per heavy atom. The maximum absolute atomic E-state index is 13.4. The van der Waals surface area contributed by atoms with Crippen molar-refractivity contribution in [2.75, 3.05) is 44.1 Å². The second-order valence-electron chi connectivity index (χ2n) is 9.96. The van der Waals surface area contributed by atoms with E-state index in [1.807, 2.05) is 18.7 Å². The van der Waals surface area contributed by atoms with Gasteiger partial charge in [-0.3, -0.25) is 15.0 Å². The summed E-state index contributed by atoms with van der Waals surface area (Å²) < 4.78 is 10.7. The number of hydrogen-bond acceptors (Lipinski definition) is 7. The molecular weight excluding hydrogens is 484 g/mol. The topological polar surface area (TPSA) is 121 Å². The Kier molecular flexibility index (Phi) is 8.92. The third kappa shape index (κ3) is 5.95. The molecule has 1 fully saturated rings.